The summed E-state index contributed by atoms with van der Waals surface area (Å²) in [6.45, 7) is 1.35. The van der Waals surface area contributed by atoms with E-state index in [9.17, 15) is 15.0 Å². The van der Waals surface area contributed by atoms with Gasteiger partial charge >= 0.3 is 0 Å². The van der Waals surface area contributed by atoms with E-state index in [-0.39, 0.29) is 17.6 Å². The van der Waals surface area contributed by atoms with E-state index in [1.54, 1.807) is 12.1 Å². The number of piperidine rings is 1. The molecule has 1 saturated heterocycles. The lowest BCUT2D eigenvalue weighted by Crippen LogP contribution is -2.54. The number of aliphatic hydroxyl groups is 1. The van der Waals surface area contributed by atoms with E-state index in [1.165, 1.54) is 0 Å². The lowest BCUT2D eigenvalue weighted by Gasteiger charge is -2.47. The Balaban J connectivity index is 1.56. The van der Waals surface area contributed by atoms with Crippen molar-refractivity contribution >= 4 is 5.91 Å². The second-order valence-corrected chi connectivity index (χ2v) is 6.76. The van der Waals surface area contributed by atoms with Crippen LogP contribution >= 0.6 is 0 Å². The van der Waals surface area contributed by atoms with Gasteiger partial charge in [-0.2, -0.15) is 0 Å². The van der Waals surface area contributed by atoms with Gasteiger partial charge in [-0.15, -0.1) is 0 Å². The summed E-state index contributed by atoms with van der Waals surface area (Å²) in [5.41, 5.74) is 0.286. The summed E-state index contributed by atoms with van der Waals surface area (Å²) in [7, 11) is 0. The van der Waals surface area contributed by atoms with Crippen molar-refractivity contribution in [3.05, 3.63) is 29.8 Å². The first-order valence-electron chi connectivity index (χ1n) is 8.35. The Hall–Kier alpha value is -1.55. The Morgan fingerprint density at radius 2 is 2.09 bits per heavy atom. The van der Waals surface area contributed by atoms with Crippen molar-refractivity contribution < 1.29 is 15.0 Å². The summed E-state index contributed by atoms with van der Waals surface area (Å²) >= 11 is 0. The number of benzene rings is 1. The highest BCUT2D eigenvalue weighted by Gasteiger charge is 2.43. The molecule has 3 rings (SSSR count). The fraction of sp³-hybridized carbons (Fsp3) is 0.611. The summed E-state index contributed by atoms with van der Waals surface area (Å²) in [6.07, 6.45) is 5.87. The van der Waals surface area contributed by atoms with Gasteiger partial charge in [-0.25, -0.2) is 0 Å². The zero-order valence-corrected chi connectivity index (χ0v) is 13.0. The zero-order valence-electron chi connectivity index (χ0n) is 13.0. The molecule has 2 unspecified atom stereocenters. The van der Waals surface area contributed by atoms with Crippen molar-refractivity contribution in [3.8, 4) is 5.75 Å². The number of hydrogen-bond donors (Lipinski definition) is 2. The van der Waals surface area contributed by atoms with Gasteiger partial charge in [0.15, 0.2) is 0 Å². The molecule has 1 saturated carbocycles. The van der Waals surface area contributed by atoms with Crippen LogP contribution in [0, 0.1) is 5.92 Å². The summed E-state index contributed by atoms with van der Waals surface area (Å²) < 4.78 is 0. The SMILES string of the molecule is O=C(CCc1ccccc1O)N1CCC2(O)CCCCC2C1. The number of rotatable bonds is 3. The topological polar surface area (TPSA) is 60.8 Å². The molecule has 0 spiro atoms. The van der Waals surface area contributed by atoms with Gasteiger partial charge in [0.1, 0.15) is 5.75 Å². The molecular formula is C18H25NO3. The van der Waals surface area contributed by atoms with Gasteiger partial charge in [-0.1, -0.05) is 31.0 Å². The standard InChI is InChI=1S/C18H25NO3/c20-16-7-2-1-5-14(16)8-9-17(21)19-12-11-18(22)10-4-3-6-15(18)13-19/h1-2,5,7,15,20,22H,3-4,6,8-13H2. The number of aryl methyl sites for hydroxylation is 1. The van der Waals surface area contributed by atoms with Gasteiger partial charge in [-0.05, 0) is 37.3 Å². The molecule has 0 aromatic heterocycles. The largest absolute Gasteiger partial charge is 0.508 e. The first-order chi connectivity index (χ1) is 10.6. The first kappa shape index (κ1) is 15.3. The molecule has 1 aromatic rings. The first-order valence-corrected chi connectivity index (χ1v) is 8.35. The number of likely N-dealkylation sites (tertiary alicyclic amines) is 1. The maximum absolute atomic E-state index is 12.4. The lowest BCUT2D eigenvalue weighted by atomic mass is 9.71. The van der Waals surface area contributed by atoms with Crippen LogP contribution in [0.5, 0.6) is 5.75 Å². The number of carbonyl (C=O) groups is 1. The average Bonchev–Trinajstić information content (AvgIpc) is 2.53. The molecule has 2 atom stereocenters. The number of aromatic hydroxyl groups is 1. The van der Waals surface area contributed by atoms with E-state index >= 15 is 0 Å². The van der Waals surface area contributed by atoms with E-state index in [2.05, 4.69) is 0 Å². The summed E-state index contributed by atoms with van der Waals surface area (Å²) in [6, 6.07) is 7.18. The minimum Gasteiger partial charge on any atom is -0.508 e. The zero-order chi connectivity index (χ0) is 15.6. The van der Waals surface area contributed by atoms with Crippen LogP contribution in [0.1, 0.15) is 44.1 Å². The minimum absolute atomic E-state index is 0.135. The Labute approximate surface area is 131 Å². The van der Waals surface area contributed by atoms with Crippen molar-refractivity contribution in [2.45, 2.75) is 50.5 Å². The van der Waals surface area contributed by atoms with Gasteiger partial charge in [0.2, 0.25) is 5.91 Å². The highest BCUT2D eigenvalue weighted by atomic mass is 16.3. The predicted molar refractivity (Wildman–Crippen MR) is 84.5 cm³/mol. The highest BCUT2D eigenvalue weighted by molar-refractivity contribution is 5.76. The van der Waals surface area contributed by atoms with Crippen molar-refractivity contribution in [2.24, 2.45) is 5.92 Å². The van der Waals surface area contributed by atoms with Crippen LogP contribution in [0.4, 0.5) is 0 Å². The fourth-order valence-corrected chi connectivity index (χ4v) is 3.92. The van der Waals surface area contributed by atoms with E-state index < -0.39 is 5.60 Å². The van der Waals surface area contributed by atoms with Gasteiger partial charge in [-0.3, -0.25) is 4.79 Å². The molecule has 1 amide bonds. The van der Waals surface area contributed by atoms with Gasteiger partial charge in [0, 0.05) is 25.4 Å². The Morgan fingerprint density at radius 1 is 1.27 bits per heavy atom. The molecule has 2 N–H and O–H groups in total. The third-order valence-electron chi connectivity index (χ3n) is 5.38. The highest BCUT2D eigenvalue weighted by Crippen LogP contribution is 2.39. The molecule has 2 aliphatic rings. The van der Waals surface area contributed by atoms with E-state index in [1.807, 2.05) is 17.0 Å². The Morgan fingerprint density at radius 3 is 2.91 bits per heavy atom. The van der Waals surface area contributed by atoms with E-state index in [0.29, 0.717) is 32.4 Å². The molecule has 1 heterocycles. The van der Waals surface area contributed by atoms with Crippen LogP contribution in [-0.2, 0) is 11.2 Å². The second kappa shape index (κ2) is 6.29. The quantitative estimate of drug-likeness (QED) is 0.902. The normalized spacial score (nSPS) is 28.2. The maximum atomic E-state index is 12.4. The molecule has 4 heteroatoms. The van der Waals surface area contributed by atoms with Crippen LogP contribution < -0.4 is 0 Å². The second-order valence-electron chi connectivity index (χ2n) is 6.76. The van der Waals surface area contributed by atoms with Crippen LogP contribution in [0.25, 0.3) is 0 Å². The number of hydrogen-bond acceptors (Lipinski definition) is 3. The van der Waals surface area contributed by atoms with Crippen molar-refractivity contribution in [1.29, 1.82) is 0 Å². The molecule has 1 aliphatic carbocycles. The van der Waals surface area contributed by atoms with Crippen LogP contribution in [0.2, 0.25) is 0 Å². The van der Waals surface area contributed by atoms with Crippen LogP contribution in [-0.4, -0.2) is 39.7 Å². The molecule has 120 valence electrons. The number of carbonyl (C=O) groups excluding carboxylic acids is 1. The fourth-order valence-electron chi connectivity index (χ4n) is 3.92. The lowest BCUT2D eigenvalue weighted by molar-refractivity contribution is -0.143. The molecule has 1 aromatic carbocycles. The summed E-state index contributed by atoms with van der Waals surface area (Å²) in [4.78, 5) is 14.3. The molecule has 0 bridgehead atoms. The van der Waals surface area contributed by atoms with Crippen LogP contribution in [0.3, 0.4) is 0 Å². The smallest absolute Gasteiger partial charge is 0.222 e. The summed E-state index contributed by atoms with van der Waals surface area (Å²) in [5, 5.41) is 20.4. The third kappa shape index (κ3) is 3.12. The number of phenolic OH excluding ortho intramolecular Hbond substituents is 1. The third-order valence-corrected chi connectivity index (χ3v) is 5.38. The molecule has 22 heavy (non-hydrogen) atoms. The number of nitrogens with zero attached hydrogens (tertiary/aromatic N) is 1. The van der Waals surface area contributed by atoms with E-state index in [0.717, 1.165) is 31.2 Å². The van der Waals surface area contributed by atoms with Gasteiger partial charge in [0.25, 0.3) is 0 Å². The van der Waals surface area contributed by atoms with Gasteiger partial charge < -0.3 is 15.1 Å². The molecule has 2 fully saturated rings. The summed E-state index contributed by atoms with van der Waals surface area (Å²) in [5.74, 6) is 0.635. The van der Waals surface area contributed by atoms with E-state index in [4.69, 9.17) is 0 Å². The molecule has 0 radical (unpaired) electrons. The van der Waals surface area contributed by atoms with Crippen molar-refractivity contribution in [2.75, 3.05) is 13.1 Å². The number of amides is 1. The maximum Gasteiger partial charge on any atom is 0.222 e. The predicted octanol–water partition coefficient (Wildman–Crippen LogP) is 2.48. The molecule has 1 aliphatic heterocycles. The Bertz CT molecular complexity index is 545. The average molecular weight is 303 g/mol. The van der Waals surface area contributed by atoms with Crippen LogP contribution in [0.15, 0.2) is 24.3 Å². The minimum atomic E-state index is -0.535. The Kier molecular flexibility index (Phi) is 4.39. The molecular weight excluding hydrogens is 278 g/mol. The monoisotopic (exact) mass is 303 g/mol. The number of para-hydroxylation sites is 1. The molecule has 4 nitrogen and oxygen atoms in total. The number of phenols is 1. The van der Waals surface area contributed by atoms with Crippen molar-refractivity contribution in [3.63, 3.8) is 0 Å². The van der Waals surface area contributed by atoms with Gasteiger partial charge in [0.05, 0.1) is 5.60 Å². The van der Waals surface area contributed by atoms with Crippen molar-refractivity contribution in [1.82, 2.24) is 4.90 Å². The number of fused-ring (bicyclic) bond motifs is 1.